The Bertz CT molecular complexity index is 269. The molecular formula is C12H20N2O. The number of carbonyl (C=O) groups is 1. The molecule has 3 atom stereocenters. The van der Waals surface area contributed by atoms with Crippen LogP contribution in [-0.2, 0) is 4.79 Å². The van der Waals surface area contributed by atoms with E-state index in [0.717, 1.165) is 13.0 Å². The second-order valence-electron chi connectivity index (χ2n) is 4.54. The summed E-state index contributed by atoms with van der Waals surface area (Å²) in [5.74, 6) is 3.02. The summed E-state index contributed by atoms with van der Waals surface area (Å²) in [6.45, 7) is 5.06. The van der Waals surface area contributed by atoms with E-state index in [4.69, 9.17) is 12.2 Å². The van der Waals surface area contributed by atoms with Crippen LogP contribution in [0.5, 0.6) is 0 Å². The van der Waals surface area contributed by atoms with Crippen molar-refractivity contribution in [1.29, 1.82) is 0 Å². The third-order valence-corrected chi connectivity index (χ3v) is 3.06. The predicted molar refractivity (Wildman–Crippen MR) is 61.0 cm³/mol. The molecule has 84 valence electrons. The summed E-state index contributed by atoms with van der Waals surface area (Å²) in [4.78, 5) is 13.8. The molecule has 3 unspecified atom stereocenters. The average molecular weight is 208 g/mol. The Morgan fingerprint density at radius 2 is 2.27 bits per heavy atom. The largest absolute Gasteiger partial charge is 0.338 e. The van der Waals surface area contributed by atoms with Gasteiger partial charge < -0.3 is 10.6 Å². The molecule has 1 amide bonds. The Balaban J connectivity index is 2.61. The van der Waals surface area contributed by atoms with E-state index < -0.39 is 6.04 Å². The molecule has 0 bridgehead atoms. The van der Waals surface area contributed by atoms with Gasteiger partial charge >= 0.3 is 0 Å². The molecule has 0 aromatic heterocycles. The Morgan fingerprint density at radius 3 is 2.87 bits per heavy atom. The first-order valence-electron chi connectivity index (χ1n) is 5.55. The number of hydrogen-bond donors (Lipinski definition) is 1. The van der Waals surface area contributed by atoms with Crippen LogP contribution in [-0.4, -0.2) is 29.4 Å². The molecule has 3 nitrogen and oxygen atoms in total. The summed E-state index contributed by atoms with van der Waals surface area (Å²) in [6.07, 6.45) is 7.74. The second-order valence-corrected chi connectivity index (χ2v) is 4.54. The molecular weight excluding hydrogens is 188 g/mol. The quantitative estimate of drug-likeness (QED) is 0.688. The van der Waals surface area contributed by atoms with E-state index in [9.17, 15) is 4.79 Å². The molecule has 0 aliphatic carbocycles. The zero-order valence-corrected chi connectivity index (χ0v) is 9.57. The van der Waals surface area contributed by atoms with E-state index in [1.54, 1.807) is 0 Å². The summed E-state index contributed by atoms with van der Waals surface area (Å²) in [7, 11) is 0. The van der Waals surface area contributed by atoms with Crippen LogP contribution in [0.4, 0.5) is 0 Å². The highest BCUT2D eigenvalue weighted by molar-refractivity contribution is 5.82. The highest BCUT2D eigenvalue weighted by Crippen LogP contribution is 2.21. The monoisotopic (exact) mass is 208 g/mol. The Morgan fingerprint density at radius 1 is 1.60 bits per heavy atom. The summed E-state index contributed by atoms with van der Waals surface area (Å²) in [5.41, 5.74) is 5.73. The minimum Gasteiger partial charge on any atom is -0.338 e. The SMILES string of the molecule is C#CCC(N)C(=O)N1CC(C)CCC1C. The van der Waals surface area contributed by atoms with Crippen molar-refractivity contribution in [2.24, 2.45) is 11.7 Å². The summed E-state index contributed by atoms with van der Waals surface area (Å²) < 4.78 is 0. The minimum absolute atomic E-state index is 0.00648. The van der Waals surface area contributed by atoms with Crippen molar-refractivity contribution in [3.63, 3.8) is 0 Å². The maximum absolute atomic E-state index is 11.9. The molecule has 0 aromatic carbocycles. The Labute approximate surface area is 92.0 Å². The lowest BCUT2D eigenvalue weighted by atomic mass is 9.94. The number of carbonyl (C=O) groups excluding carboxylic acids is 1. The molecule has 1 rings (SSSR count). The van der Waals surface area contributed by atoms with Crippen molar-refractivity contribution in [3.8, 4) is 12.3 Å². The van der Waals surface area contributed by atoms with Gasteiger partial charge in [0.15, 0.2) is 0 Å². The molecule has 0 radical (unpaired) electrons. The van der Waals surface area contributed by atoms with Crippen molar-refractivity contribution in [2.45, 2.75) is 45.2 Å². The maximum atomic E-state index is 11.9. The topological polar surface area (TPSA) is 46.3 Å². The second kappa shape index (κ2) is 5.18. The zero-order chi connectivity index (χ0) is 11.4. The van der Waals surface area contributed by atoms with E-state index in [1.807, 2.05) is 4.90 Å². The normalized spacial score (nSPS) is 28.3. The van der Waals surface area contributed by atoms with Gasteiger partial charge in [-0.05, 0) is 25.7 Å². The zero-order valence-electron chi connectivity index (χ0n) is 9.57. The van der Waals surface area contributed by atoms with Gasteiger partial charge in [0.1, 0.15) is 0 Å². The lowest BCUT2D eigenvalue weighted by molar-refractivity contribution is -0.136. The van der Waals surface area contributed by atoms with Crippen molar-refractivity contribution >= 4 is 5.91 Å². The minimum atomic E-state index is -0.525. The van der Waals surface area contributed by atoms with Gasteiger partial charge in [-0.2, -0.15) is 0 Å². The van der Waals surface area contributed by atoms with Gasteiger partial charge in [0, 0.05) is 19.0 Å². The lowest BCUT2D eigenvalue weighted by Gasteiger charge is -2.38. The maximum Gasteiger partial charge on any atom is 0.240 e. The average Bonchev–Trinajstić information content (AvgIpc) is 2.21. The van der Waals surface area contributed by atoms with Gasteiger partial charge in [0.2, 0.25) is 5.91 Å². The van der Waals surface area contributed by atoms with Crippen LogP contribution in [0.2, 0.25) is 0 Å². The smallest absolute Gasteiger partial charge is 0.240 e. The molecule has 3 heteroatoms. The van der Waals surface area contributed by atoms with Crippen LogP contribution in [0.3, 0.4) is 0 Å². The fourth-order valence-corrected chi connectivity index (χ4v) is 2.02. The number of terminal acetylenes is 1. The van der Waals surface area contributed by atoms with Crippen molar-refractivity contribution in [1.82, 2.24) is 4.90 Å². The van der Waals surface area contributed by atoms with Crippen LogP contribution in [0.1, 0.15) is 33.1 Å². The van der Waals surface area contributed by atoms with Gasteiger partial charge in [-0.15, -0.1) is 12.3 Å². The summed E-state index contributed by atoms with van der Waals surface area (Å²) in [6, 6.07) is -0.222. The third-order valence-electron chi connectivity index (χ3n) is 3.06. The van der Waals surface area contributed by atoms with Crippen LogP contribution < -0.4 is 5.73 Å². The van der Waals surface area contributed by atoms with E-state index >= 15 is 0 Å². The third kappa shape index (κ3) is 2.97. The van der Waals surface area contributed by atoms with E-state index in [1.165, 1.54) is 6.42 Å². The number of nitrogens with two attached hydrogens (primary N) is 1. The molecule has 0 saturated carbocycles. The standard InChI is InChI=1S/C12H20N2O/c1-4-5-11(13)12(15)14-8-9(2)6-7-10(14)3/h1,9-11H,5-8,13H2,2-3H3. The van der Waals surface area contributed by atoms with Crippen molar-refractivity contribution in [2.75, 3.05) is 6.54 Å². The molecule has 1 aliphatic heterocycles. The van der Waals surface area contributed by atoms with Crippen LogP contribution >= 0.6 is 0 Å². The Hall–Kier alpha value is -1.01. The number of likely N-dealkylation sites (tertiary alicyclic amines) is 1. The highest BCUT2D eigenvalue weighted by atomic mass is 16.2. The first-order valence-corrected chi connectivity index (χ1v) is 5.55. The van der Waals surface area contributed by atoms with Gasteiger partial charge in [-0.1, -0.05) is 6.92 Å². The van der Waals surface area contributed by atoms with E-state index in [2.05, 4.69) is 19.8 Å². The molecule has 0 spiro atoms. The van der Waals surface area contributed by atoms with Gasteiger partial charge in [-0.25, -0.2) is 0 Å². The number of nitrogens with zero attached hydrogens (tertiary/aromatic N) is 1. The van der Waals surface area contributed by atoms with E-state index in [0.29, 0.717) is 18.4 Å². The molecule has 15 heavy (non-hydrogen) atoms. The molecule has 1 saturated heterocycles. The Kier molecular flexibility index (Phi) is 4.16. The van der Waals surface area contributed by atoms with Gasteiger partial charge in [0.25, 0.3) is 0 Å². The molecule has 1 aliphatic rings. The molecule has 1 heterocycles. The van der Waals surface area contributed by atoms with E-state index in [-0.39, 0.29) is 5.91 Å². The highest BCUT2D eigenvalue weighted by Gasteiger charge is 2.29. The van der Waals surface area contributed by atoms with Gasteiger partial charge in [-0.3, -0.25) is 4.79 Å². The number of rotatable bonds is 2. The number of hydrogen-bond acceptors (Lipinski definition) is 2. The van der Waals surface area contributed by atoms with Crippen molar-refractivity contribution in [3.05, 3.63) is 0 Å². The molecule has 2 N–H and O–H groups in total. The predicted octanol–water partition coefficient (Wildman–Crippen LogP) is 0.984. The van der Waals surface area contributed by atoms with Crippen LogP contribution in [0.25, 0.3) is 0 Å². The van der Waals surface area contributed by atoms with Crippen LogP contribution in [0.15, 0.2) is 0 Å². The molecule has 1 fully saturated rings. The summed E-state index contributed by atoms with van der Waals surface area (Å²) >= 11 is 0. The first-order chi connectivity index (χ1) is 7.06. The fraction of sp³-hybridized carbons (Fsp3) is 0.750. The van der Waals surface area contributed by atoms with Crippen molar-refractivity contribution < 1.29 is 4.79 Å². The lowest BCUT2D eigenvalue weighted by Crippen LogP contribution is -2.51. The molecule has 0 aromatic rings. The van der Waals surface area contributed by atoms with Crippen LogP contribution in [0, 0.1) is 18.3 Å². The summed E-state index contributed by atoms with van der Waals surface area (Å²) in [5, 5.41) is 0. The van der Waals surface area contributed by atoms with Gasteiger partial charge in [0.05, 0.1) is 6.04 Å². The number of piperidine rings is 1. The first kappa shape index (κ1) is 12.1. The fourth-order valence-electron chi connectivity index (χ4n) is 2.02. The number of amides is 1.